The van der Waals surface area contributed by atoms with Gasteiger partial charge in [-0.25, -0.2) is 0 Å². The van der Waals surface area contributed by atoms with Gasteiger partial charge in [0.25, 0.3) is 0 Å². The second-order valence-electron chi connectivity index (χ2n) is 3.96. The Labute approximate surface area is 85.4 Å². The fraction of sp³-hybridized carbons (Fsp3) is 1.00. The third-order valence-electron chi connectivity index (χ3n) is 2.94. The largest absolute Gasteiger partial charge is 0.315 e. The third kappa shape index (κ3) is 2.86. The number of nitrogens with zero attached hydrogens (tertiary/aromatic N) is 1. The molecule has 0 aliphatic carbocycles. The Balaban J connectivity index is 1.82. The lowest BCUT2D eigenvalue weighted by Gasteiger charge is -2.32. The first kappa shape index (κ1) is 9.81. The molecule has 2 aliphatic heterocycles. The van der Waals surface area contributed by atoms with Gasteiger partial charge in [-0.15, -0.1) is 11.8 Å². The molecule has 0 bridgehead atoms. The molecule has 0 radical (unpaired) electrons. The minimum absolute atomic E-state index is 0.841. The van der Waals surface area contributed by atoms with Gasteiger partial charge in [0.2, 0.25) is 0 Å². The maximum absolute atomic E-state index is 3.47. The molecule has 76 valence electrons. The summed E-state index contributed by atoms with van der Waals surface area (Å²) in [5.41, 5.74) is 0. The number of nitrogens with one attached hydrogen (secondary N) is 1. The summed E-state index contributed by atoms with van der Waals surface area (Å²) in [5.74, 6) is 1.38. The molecular formula is C10H20N2S. The van der Waals surface area contributed by atoms with Gasteiger partial charge in [-0.05, 0) is 31.6 Å². The summed E-state index contributed by atoms with van der Waals surface area (Å²) in [6.07, 6.45) is 5.64. The van der Waals surface area contributed by atoms with Crippen LogP contribution in [-0.4, -0.2) is 42.2 Å². The third-order valence-corrected chi connectivity index (χ3v) is 4.38. The van der Waals surface area contributed by atoms with E-state index >= 15 is 0 Å². The minimum atomic E-state index is 0.841. The lowest BCUT2D eigenvalue weighted by molar-refractivity contribution is 0.257. The van der Waals surface area contributed by atoms with E-state index in [9.17, 15) is 0 Å². The van der Waals surface area contributed by atoms with E-state index in [0.717, 1.165) is 5.37 Å². The van der Waals surface area contributed by atoms with Crippen LogP contribution in [0.4, 0.5) is 0 Å². The molecule has 2 aliphatic rings. The van der Waals surface area contributed by atoms with Crippen LogP contribution in [0.3, 0.4) is 0 Å². The molecule has 0 saturated carbocycles. The molecule has 2 fully saturated rings. The van der Waals surface area contributed by atoms with Crippen LogP contribution < -0.4 is 5.32 Å². The average Bonchev–Trinajstić information content (AvgIpc) is 2.47. The first-order valence-electron chi connectivity index (χ1n) is 5.53. The number of rotatable bonds is 1. The molecule has 2 nitrogen and oxygen atoms in total. The minimum Gasteiger partial charge on any atom is -0.315 e. The van der Waals surface area contributed by atoms with Crippen molar-refractivity contribution >= 4 is 11.8 Å². The standard InChI is InChI=1S/C10H20N2S/c1-2-9-13-10(4-1)12-7-3-5-11-6-8-12/h10-11H,1-9H2. The van der Waals surface area contributed by atoms with E-state index in [1.54, 1.807) is 0 Å². The van der Waals surface area contributed by atoms with Crippen molar-refractivity contribution in [2.75, 3.05) is 31.9 Å². The predicted octanol–water partition coefficient (Wildman–Crippen LogP) is 1.52. The van der Waals surface area contributed by atoms with Crippen LogP contribution in [0.1, 0.15) is 25.7 Å². The van der Waals surface area contributed by atoms with Gasteiger partial charge in [0.15, 0.2) is 0 Å². The monoisotopic (exact) mass is 200 g/mol. The lowest BCUT2D eigenvalue weighted by atomic mass is 10.2. The maximum Gasteiger partial charge on any atom is 0.0557 e. The molecule has 0 aromatic carbocycles. The normalized spacial score (nSPS) is 32.8. The molecule has 1 N–H and O–H groups in total. The summed E-state index contributed by atoms with van der Waals surface area (Å²) < 4.78 is 0. The van der Waals surface area contributed by atoms with Gasteiger partial charge in [-0.1, -0.05) is 6.42 Å². The summed E-state index contributed by atoms with van der Waals surface area (Å²) in [4.78, 5) is 2.68. The Hall–Kier alpha value is 0.270. The van der Waals surface area contributed by atoms with Gasteiger partial charge < -0.3 is 5.32 Å². The molecule has 0 aromatic rings. The second-order valence-corrected chi connectivity index (χ2v) is 5.25. The lowest BCUT2D eigenvalue weighted by Crippen LogP contribution is -2.37. The zero-order valence-corrected chi connectivity index (χ0v) is 9.11. The maximum atomic E-state index is 3.47. The van der Waals surface area contributed by atoms with Crippen LogP contribution in [0.15, 0.2) is 0 Å². The summed E-state index contributed by atoms with van der Waals surface area (Å²) in [7, 11) is 0. The molecule has 2 saturated heterocycles. The van der Waals surface area contributed by atoms with Crippen molar-refractivity contribution in [2.45, 2.75) is 31.1 Å². The van der Waals surface area contributed by atoms with Crippen LogP contribution in [0, 0.1) is 0 Å². The molecule has 0 aromatic heterocycles. The van der Waals surface area contributed by atoms with Crippen molar-refractivity contribution in [2.24, 2.45) is 0 Å². The Morgan fingerprint density at radius 2 is 2.08 bits per heavy atom. The van der Waals surface area contributed by atoms with E-state index in [-0.39, 0.29) is 0 Å². The van der Waals surface area contributed by atoms with Crippen LogP contribution in [0.5, 0.6) is 0 Å². The highest BCUT2D eigenvalue weighted by Crippen LogP contribution is 2.27. The van der Waals surface area contributed by atoms with Gasteiger partial charge in [0.05, 0.1) is 5.37 Å². The smallest absolute Gasteiger partial charge is 0.0557 e. The van der Waals surface area contributed by atoms with E-state index in [0.29, 0.717) is 0 Å². The van der Waals surface area contributed by atoms with Gasteiger partial charge in [-0.3, -0.25) is 4.90 Å². The molecule has 0 amide bonds. The van der Waals surface area contributed by atoms with Crippen LogP contribution in [0.25, 0.3) is 0 Å². The van der Waals surface area contributed by atoms with Gasteiger partial charge in [0, 0.05) is 19.6 Å². The quantitative estimate of drug-likeness (QED) is 0.691. The molecule has 1 unspecified atom stereocenters. The second kappa shape index (κ2) is 5.23. The number of thioether (sulfide) groups is 1. The Bertz CT molecular complexity index is 138. The van der Waals surface area contributed by atoms with Gasteiger partial charge in [0.1, 0.15) is 0 Å². The van der Waals surface area contributed by atoms with Gasteiger partial charge >= 0.3 is 0 Å². The Kier molecular flexibility index (Phi) is 3.94. The van der Waals surface area contributed by atoms with Crippen molar-refractivity contribution < 1.29 is 0 Å². The molecule has 1 atom stereocenters. The van der Waals surface area contributed by atoms with Crippen molar-refractivity contribution in [3.8, 4) is 0 Å². The molecule has 13 heavy (non-hydrogen) atoms. The van der Waals surface area contributed by atoms with Gasteiger partial charge in [-0.2, -0.15) is 0 Å². The summed E-state index contributed by atoms with van der Waals surface area (Å²) in [5, 5.41) is 4.31. The SMILES string of the molecule is C1CCC(N2CCCNCC2)SC1. The molecule has 2 heterocycles. The highest BCUT2D eigenvalue weighted by Gasteiger charge is 2.21. The van der Waals surface area contributed by atoms with E-state index in [4.69, 9.17) is 0 Å². The van der Waals surface area contributed by atoms with Crippen molar-refractivity contribution in [3.05, 3.63) is 0 Å². The van der Waals surface area contributed by atoms with Crippen LogP contribution in [0.2, 0.25) is 0 Å². The highest BCUT2D eigenvalue weighted by atomic mass is 32.2. The molecule has 0 spiro atoms. The van der Waals surface area contributed by atoms with Crippen LogP contribution in [-0.2, 0) is 0 Å². The first-order valence-corrected chi connectivity index (χ1v) is 6.58. The highest BCUT2D eigenvalue weighted by molar-refractivity contribution is 7.99. The van der Waals surface area contributed by atoms with Crippen molar-refractivity contribution in [1.82, 2.24) is 10.2 Å². The average molecular weight is 200 g/mol. The molecule has 2 rings (SSSR count). The zero-order valence-electron chi connectivity index (χ0n) is 8.30. The van der Waals surface area contributed by atoms with Crippen molar-refractivity contribution in [3.63, 3.8) is 0 Å². The van der Waals surface area contributed by atoms with E-state index < -0.39 is 0 Å². The van der Waals surface area contributed by atoms with E-state index in [1.807, 2.05) is 0 Å². The topological polar surface area (TPSA) is 15.3 Å². The summed E-state index contributed by atoms with van der Waals surface area (Å²) in [6, 6.07) is 0. The molecule has 3 heteroatoms. The van der Waals surface area contributed by atoms with Crippen LogP contribution >= 0.6 is 11.8 Å². The van der Waals surface area contributed by atoms with E-state index in [2.05, 4.69) is 22.0 Å². The fourth-order valence-corrected chi connectivity index (χ4v) is 3.56. The summed E-state index contributed by atoms with van der Waals surface area (Å²) in [6.45, 7) is 4.98. The fourth-order valence-electron chi connectivity index (χ4n) is 2.17. The predicted molar refractivity (Wildman–Crippen MR) is 59.2 cm³/mol. The number of hydrogen-bond acceptors (Lipinski definition) is 3. The summed E-state index contributed by atoms with van der Waals surface area (Å²) >= 11 is 2.18. The molecular weight excluding hydrogens is 180 g/mol. The Morgan fingerprint density at radius 1 is 1.08 bits per heavy atom. The first-order chi connectivity index (χ1) is 6.47. The van der Waals surface area contributed by atoms with E-state index in [1.165, 1.54) is 57.6 Å². The number of hydrogen-bond donors (Lipinski definition) is 1. The zero-order chi connectivity index (χ0) is 8.93. The van der Waals surface area contributed by atoms with Crippen molar-refractivity contribution in [1.29, 1.82) is 0 Å². The Morgan fingerprint density at radius 3 is 2.92 bits per heavy atom.